The Labute approximate surface area is 387 Å². The Morgan fingerprint density at radius 2 is 0.794 bits per heavy atom. The van der Waals surface area contributed by atoms with Gasteiger partial charge in [-0.3, -0.25) is 19.2 Å². The van der Waals surface area contributed by atoms with E-state index in [0.29, 0.717) is 6.42 Å². The predicted molar refractivity (Wildman–Crippen MR) is 228 cm³/mol. The van der Waals surface area contributed by atoms with E-state index in [4.69, 9.17) is 46.2 Å². The summed E-state index contributed by atoms with van der Waals surface area (Å²) in [7, 11) is 0. The summed E-state index contributed by atoms with van der Waals surface area (Å²) in [5.41, 5.74) is 33.3. The fourth-order valence-electron chi connectivity index (χ4n) is 7.13. The lowest BCUT2D eigenvalue weighted by atomic mass is 9.95. The maximum atomic E-state index is 10.9. The molecule has 4 amide bonds. The summed E-state index contributed by atoms with van der Waals surface area (Å²) >= 11 is 0. The number of amides is 4. The molecule has 0 aliphatic carbocycles. The fraction of sp³-hybridized carbons (Fsp3) is 0.886. The van der Waals surface area contributed by atoms with Gasteiger partial charge in [0.05, 0.1) is 49.1 Å². The number of rotatable bonds is 16. The molecule has 20 atom stereocenters. The molecule has 4 saturated heterocycles. The van der Waals surface area contributed by atoms with Crippen molar-refractivity contribution >= 4 is 23.6 Å². The molecule has 0 bridgehead atoms. The van der Waals surface area contributed by atoms with E-state index in [1.54, 1.807) is 6.92 Å². The minimum atomic E-state index is -1.44. The summed E-state index contributed by atoms with van der Waals surface area (Å²) < 4.78 is 20.3. The molecule has 4 aliphatic rings. The Morgan fingerprint density at radius 3 is 1.09 bits per heavy atom. The average Bonchev–Trinajstić information content (AvgIpc) is 3.92. The molecule has 0 aromatic rings. The molecule has 13 N–H and O–H groups in total. The van der Waals surface area contributed by atoms with Gasteiger partial charge in [-0.15, -0.1) is 0 Å². The Morgan fingerprint density at radius 1 is 0.500 bits per heavy atom. The van der Waals surface area contributed by atoms with Gasteiger partial charge in [0.25, 0.3) is 0 Å². The molecular formula is C35H62N16O17. The number of hydrogen-bond acceptors (Lipinski definition) is 21. The number of aliphatic hydroxyl groups excluding tert-OH is 9. The van der Waals surface area contributed by atoms with Gasteiger partial charge in [-0.05, 0) is 34.5 Å². The molecule has 4 rings (SSSR count). The second-order valence-corrected chi connectivity index (χ2v) is 15.5. The lowest BCUT2D eigenvalue weighted by molar-refractivity contribution is -0.128. The largest absolute Gasteiger partial charge is 0.396 e. The molecule has 0 radical (unpaired) electrons. The van der Waals surface area contributed by atoms with Gasteiger partial charge in [-0.1, -0.05) is 47.6 Å². The third kappa shape index (κ3) is 17.9. The van der Waals surface area contributed by atoms with Crippen LogP contribution < -0.4 is 21.3 Å². The van der Waals surface area contributed by atoms with Crippen molar-refractivity contribution in [3.63, 3.8) is 0 Å². The highest BCUT2D eigenvalue weighted by Gasteiger charge is 2.49. The quantitative estimate of drug-likeness (QED) is 0.0418. The highest BCUT2D eigenvalue weighted by Crippen LogP contribution is 2.29. The maximum Gasteiger partial charge on any atom is 0.217 e. The smallest absolute Gasteiger partial charge is 0.217 e. The van der Waals surface area contributed by atoms with Crippen LogP contribution in [0.5, 0.6) is 0 Å². The Hall–Kier alpha value is -5.40. The third-order valence-electron chi connectivity index (χ3n) is 10.6. The van der Waals surface area contributed by atoms with Crippen LogP contribution >= 0.6 is 0 Å². The number of carbonyl (C=O) groups is 4. The van der Waals surface area contributed by atoms with Crippen LogP contribution in [0, 0.1) is 5.92 Å². The summed E-state index contributed by atoms with van der Waals surface area (Å²) in [6, 6.07) is -6.26. The molecule has 4 fully saturated rings. The van der Waals surface area contributed by atoms with Crippen molar-refractivity contribution < 1.29 is 84.1 Å². The van der Waals surface area contributed by atoms with E-state index in [1.165, 1.54) is 27.7 Å². The summed E-state index contributed by atoms with van der Waals surface area (Å²) in [5.74, 6) is -1.42. The van der Waals surface area contributed by atoms with E-state index < -0.39 is 135 Å². The molecule has 68 heavy (non-hydrogen) atoms. The Bertz CT molecular complexity index is 1770. The highest BCUT2D eigenvalue weighted by molar-refractivity contribution is 5.74. The van der Waals surface area contributed by atoms with E-state index in [0.717, 1.165) is 6.42 Å². The maximum absolute atomic E-state index is 10.9. The van der Waals surface area contributed by atoms with Crippen molar-refractivity contribution in [3.05, 3.63) is 41.8 Å². The van der Waals surface area contributed by atoms with Crippen molar-refractivity contribution in [2.45, 2.75) is 178 Å². The summed E-state index contributed by atoms with van der Waals surface area (Å²) in [6.07, 6.45) is -11.9. The number of ether oxygens (including phenoxy) is 4. The molecular weight excluding hydrogens is 916 g/mol. The number of aliphatic hydroxyl groups is 9. The van der Waals surface area contributed by atoms with Crippen LogP contribution in [-0.2, 0) is 38.1 Å². The Balaban J connectivity index is 0.000000455. The third-order valence-corrected chi connectivity index (χ3v) is 10.6. The summed E-state index contributed by atoms with van der Waals surface area (Å²) in [6.45, 7) is 9.99. The second kappa shape index (κ2) is 30.2. The Kier molecular flexibility index (Phi) is 26.9. The van der Waals surface area contributed by atoms with Crippen LogP contribution in [0.4, 0.5) is 0 Å². The van der Waals surface area contributed by atoms with Gasteiger partial charge in [-0.2, -0.15) is 0 Å². The van der Waals surface area contributed by atoms with Gasteiger partial charge < -0.3 is 86.2 Å². The summed E-state index contributed by atoms with van der Waals surface area (Å²) in [4.78, 5) is 53.7. The topological polar surface area (TPSA) is 530 Å². The van der Waals surface area contributed by atoms with Crippen molar-refractivity contribution in [1.82, 2.24) is 21.3 Å². The highest BCUT2D eigenvalue weighted by atomic mass is 16.6. The predicted octanol–water partition coefficient (Wildman–Crippen LogP) is -2.93. The molecule has 4 unspecified atom stereocenters. The van der Waals surface area contributed by atoms with Crippen LogP contribution in [0.3, 0.4) is 0 Å². The first-order valence-corrected chi connectivity index (χ1v) is 20.9. The zero-order valence-electron chi connectivity index (χ0n) is 38.0. The molecule has 4 aliphatic heterocycles. The monoisotopic (exact) mass is 978 g/mol. The van der Waals surface area contributed by atoms with Crippen LogP contribution in [0.25, 0.3) is 41.8 Å². The molecule has 0 spiro atoms. The zero-order chi connectivity index (χ0) is 52.0. The fourth-order valence-corrected chi connectivity index (χ4v) is 7.13. The molecule has 0 aromatic carbocycles. The summed E-state index contributed by atoms with van der Waals surface area (Å²) in [5, 5.41) is 109. The lowest BCUT2D eigenvalue weighted by Crippen LogP contribution is -2.48. The van der Waals surface area contributed by atoms with Crippen LogP contribution in [0.15, 0.2) is 20.5 Å². The van der Waals surface area contributed by atoms with Crippen molar-refractivity contribution in [3.8, 4) is 0 Å². The number of azide groups is 4. The van der Waals surface area contributed by atoms with Gasteiger partial charge in [0.15, 0.2) is 25.2 Å². The van der Waals surface area contributed by atoms with E-state index in [1.807, 2.05) is 13.8 Å². The van der Waals surface area contributed by atoms with Crippen molar-refractivity contribution in [1.29, 1.82) is 0 Å². The number of hydrogen-bond donors (Lipinski definition) is 13. The van der Waals surface area contributed by atoms with Gasteiger partial charge in [-0.25, -0.2) is 0 Å². The second-order valence-electron chi connectivity index (χ2n) is 15.5. The van der Waals surface area contributed by atoms with Gasteiger partial charge in [0, 0.05) is 53.9 Å². The SMILES string of the molecule is CC(=O)NC1[C@@H](O)O[C@H]([C@H](CN=[N+]=[N-])N=[N+]=[N-])[C@H]1O.CC(=O)NC1[C@@H](O)O[C@H]([C@H](CO)N=[N+]=[N-])[C@H]1O.CC[C@H](C)[C@H]1O[C@H](O)C(NC(C)=O)[C@@H]1O.CC[C@H](N=[N+]=[N-])[C@H]1O[C@H](O)C(NC(C)=O)[C@@H]1O. The number of nitrogens with one attached hydrogen (secondary N) is 4. The number of carbonyl (C=O) groups excluding carboxylic acids is 4. The van der Waals surface area contributed by atoms with Crippen LogP contribution in [-0.4, -0.2) is 199 Å². The standard InChI is InChI=1S/C10H19NO4.C9H16N4O4.C8H13N7O4.C8H14N4O5/c1-4-5(2)9-8(13)7(10(14)15-9)11-6(3)12;1-3-5(12-13-10)8-7(15)6(9(16)17-8)11-4(2)14;1-3(16)12-5-6(17)7(19-8(5)18)4(13-15-10)2-11-14-9;1-3(14)10-5-6(15)7(17-8(5)16)4(2-13)11-12-9/h5,7-10,13-14H,4H2,1-3H3,(H,11,12);5-9,15-16H,3H2,1-2H3,(H,11,14);4-8,17-18H,2H2,1H3,(H,12,16);4-8,13,15-16H,2H2,1H3,(H,10,14)/t5-,7?,8-,9+,10-;5-,6?,7-,8+,9-;2*4-,5?,6-,7+,8-/m0000/s1. The first kappa shape index (κ1) is 60.6. The van der Waals surface area contributed by atoms with Crippen molar-refractivity contribution in [2.75, 3.05) is 13.2 Å². The van der Waals surface area contributed by atoms with Crippen molar-refractivity contribution in [2.24, 2.45) is 26.4 Å². The van der Waals surface area contributed by atoms with Gasteiger partial charge >= 0.3 is 0 Å². The molecule has 33 nitrogen and oxygen atoms in total. The van der Waals surface area contributed by atoms with Crippen LogP contribution in [0.2, 0.25) is 0 Å². The van der Waals surface area contributed by atoms with Gasteiger partial charge in [0.1, 0.15) is 48.6 Å². The van der Waals surface area contributed by atoms with Gasteiger partial charge in [0.2, 0.25) is 23.6 Å². The minimum Gasteiger partial charge on any atom is -0.396 e. The first-order chi connectivity index (χ1) is 32.0. The van der Waals surface area contributed by atoms with E-state index in [9.17, 15) is 60.0 Å². The molecule has 4 heterocycles. The minimum absolute atomic E-state index is 0.147. The molecule has 384 valence electrons. The lowest BCUT2D eigenvalue weighted by Gasteiger charge is -2.21. The molecule has 0 aromatic heterocycles. The normalized spacial score (nSPS) is 33.9. The average molecular weight is 979 g/mol. The van der Waals surface area contributed by atoms with Crippen LogP contribution in [0.1, 0.15) is 61.3 Å². The van der Waals surface area contributed by atoms with E-state index in [2.05, 4.69) is 61.4 Å². The molecule has 33 heteroatoms. The molecule has 0 saturated carbocycles. The van der Waals surface area contributed by atoms with E-state index in [-0.39, 0.29) is 24.3 Å². The zero-order valence-corrected chi connectivity index (χ0v) is 38.0. The number of nitrogens with zero attached hydrogens (tertiary/aromatic N) is 12. The first-order valence-electron chi connectivity index (χ1n) is 20.9. The van der Waals surface area contributed by atoms with E-state index >= 15 is 0 Å².